The first-order chi connectivity index (χ1) is 9.06. The Labute approximate surface area is 110 Å². The van der Waals surface area contributed by atoms with E-state index >= 15 is 0 Å². The van der Waals surface area contributed by atoms with Gasteiger partial charge in [0.25, 0.3) is 5.91 Å². The Kier molecular flexibility index (Phi) is 3.56. The number of aromatic nitrogens is 3. The summed E-state index contributed by atoms with van der Waals surface area (Å²) in [4.78, 5) is 23.6. The zero-order valence-corrected chi connectivity index (χ0v) is 10.4. The van der Waals surface area contributed by atoms with Gasteiger partial charge >= 0.3 is 0 Å². The van der Waals surface area contributed by atoms with Crippen LogP contribution < -0.4 is 16.8 Å². The number of nitrogens with two attached hydrogens (primary N) is 2. The highest BCUT2D eigenvalue weighted by atomic mass is 16.1. The Balaban J connectivity index is 2.15. The van der Waals surface area contributed by atoms with Crippen LogP contribution in [0.4, 0.5) is 11.5 Å². The van der Waals surface area contributed by atoms with Gasteiger partial charge in [-0.1, -0.05) is 0 Å². The molecule has 0 saturated heterocycles. The molecule has 0 saturated carbocycles. The predicted octanol–water partition coefficient (Wildman–Crippen LogP) is 0.473. The lowest BCUT2D eigenvalue weighted by molar-refractivity contribution is 0.100. The van der Waals surface area contributed by atoms with Crippen LogP contribution in [0.5, 0.6) is 0 Å². The van der Waals surface area contributed by atoms with E-state index < -0.39 is 5.91 Å². The molecule has 1 amide bonds. The van der Waals surface area contributed by atoms with E-state index in [1.807, 2.05) is 6.92 Å². The zero-order chi connectivity index (χ0) is 13.8. The summed E-state index contributed by atoms with van der Waals surface area (Å²) in [6.45, 7) is 2.28. The molecule has 19 heavy (non-hydrogen) atoms. The lowest BCUT2D eigenvalue weighted by atomic mass is 10.2. The summed E-state index contributed by atoms with van der Waals surface area (Å²) in [5, 5.41) is 3.04. The number of primary amides is 1. The monoisotopic (exact) mass is 258 g/mol. The van der Waals surface area contributed by atoms with Crippen LogP contribution in [0.25, 0.3) is 0 Å². The summed E-state index contributed by atoms with van der Waals surface area (Å²) in [5.41, 5.74) is 13.2. The molecule has 98 valence electrons. The standard InChI is InChI=1S/C12H14N6O/c1-7-3-16-8(4-15-7)5-17-10-6-18-11(13)2-9(10)12(14)19/h2-4,6,17H,5H2,1H3,(H2,13,18)(H2,14,19). The van der Waals surface area contributed by atoms with Crippen molar-refractivity contribution in [3.8, 4) is 0 Å². The zero-order valence-electron chi connectivity index (χ0n) is 10.4. The summed E-state index contributed by atoms with van der Waals surface area (Å²) < 4.78 is 0. The molecule has 2 aromatic heterocycles. The SMILES string of the molecule is Cc1cnc(CNc2cnc(N)cc2C(N)=O)cn1. The third-order valence-electron chi connectivity index (χ3n) is 2.48. The van der Waals surface area contributed by atoms with Crippen molar-refractivity contribution in [3.05, 3.63) is 41.6 Å². The van der Waals surface area contributed by atoms with Gasteiger partial charge in [0.15, 0.2) is 0 Å². The third-order valence-corrected chi connectivity index (χ3v) is 2.48. The lowest BCUT2D eigenvalue weighted by Gasteiger charge is -2.09. The Morgan fingerprint density at radius 2 is 2.05 bits per heavy atom. The molecular weight excluding hydrogens is 244 g/mol. The summed E-state index contributed by atoms with van der Waals surface area (Å²) in [5.74, 6) is -0.318. The molecule has 0 aliphatic rings. The number of hydrogen-bond acceptors (Lipinski definition) is 6. The number of pyridine rings is 1. The molecule has 0 spiro atoms. The number of anilines is 2. The first-order valence-electron chi connectivity index (χ1n) is 5.63. The minimum absolute atomic E-state index is 0.245. The average Bonchev–Trinajstić information content (AvgIpc) is 2.39. The van der Waals surface area contributed by atoms with E-state index in [4.69, 9.17) is 11.5 Å². The average molecular weight is 258 g/mol. The Hall–Kier alpha value is -2.70. The van der Waals surface area contributed by atoms with Crippen molar-refractivity contribution in [2.45, 2.75) is 13.5 Å². The summed E-state index contributed by atoms with van der Waals surface area (Å²) in [6, 6.07) is 1.44. The summed E-state index contributed by atoms with van der Waals surface area (Å²) in [6.07, 6.45) is 4.81. The maximum Gasteiger partial charge on any atom is 0.250 e. The quantitative estimate of drug-likeness (QED) is 0.733. The van der Waals surface area contributed by atoms with E-state index in [0.717, 1.165) is 11.4 Å². The minimum atomic E-state index is -0.563. The molecule has 0 atom stereocenters. The fraction of sp³-hybridized carbons (Fsp3) is 0.167. The van der Waals surface area contributed by atoms with Crippen molar-refractivity contribution in [1.82, 2.24) is 15.0 Å². The number of amides is 1. The van der Waals surface area contributed by atoms with Crippen molar-refractivity contribution >= 4 is 17.4 Å². The number of rotatable bonds is 4. The van der Waals surface area contributed by atoms with Crippen molar-refractivity contribution in [2.75, 3.05) is 11.1 Å². The summed E-state index contributed by atoms with van der Waals surface area (Å²) >= 11 is 0. The first kappa shape index (κ1) is 12.7. The molecule has 7 nitrogen and oxygen atoms in total. The Morgan fingerprint density at radius 3 is 2.68 bits per heavy atom. The molecule has 0 radical (unpaired) electrons. The van der Waals surface area contributed by atoms with Gasteiger partial charge in [0.2, 0.25) is 0 Å². The number of nitrogens with one attached hydrogen (secondary N) is 1. The molecule has 0 aromatic carbocycles. The Morgan fingerprint density at radius 1 is 1.26 bits per heavy atom. The van der Waals surface area contributed by atoms with Crippen LogP contribution >= 0.6 is 0 Å². The fourth-order valence-electron chi connectivity index (χ4n) is 1.51. The molecule has 0 bridgehead atoms. The molecule has 2 heterocycles. The maximum absolute atomic E-state index is 11.3. The van der Waals surface area contributed by atoms with Crippen LogP contribution in [0.2, 0.25) is 0 Å². The van der Waals surface area contributed by atoms with E-state index in [2.05, 4.69) is 20.3 Å². The smallest absolute Gasteiger partial charge is 0.250 e. The van der Waals surface area contributed by atoms with Gasteiger partial charge in [0.1, 0.15) is 5.82 Å². The third kappa shape index (κ3) is 3.15. The number of carbonyl (C=O) groups is 1. The van der Waals surface area contributed by atoms with Crippen molar-refractivity contribution in [2.24, 2.45) is 5.73 Å². The van der Waals surface area contributed by atoms with Crippen molar-refractivity contribution in [3.63, 3.8) is 0 Å². The second-order valence-corrected chi connectivity index (χ2v) is 4.02. The van der Waals surface area contributed by atoms with Gasteiger partial charge in [-0.05, 0) is 13.0 Å². The van der Waals surface area contributed by atoms with E-state index in [9.17, 15) is 4.79 Å². The fourth-order valence-corrected chi connectivity index (χ4v) is 1.51. The van der Waals surface area contributed by atoms with Gasteiger partial charge in [0.05, 0.1) is 41.6 Å². The second kappa shape index (κ2) is 5.30. The largest absolute Gasteiger partial charge is 0.384 e. The number of hydrogen-bond donors (Lipinski definition) is 3. The minimum Gasteiger partial charge on any atom is -0.384 e. The second-order valence-electron chi connectivity index (χ2n) is 4.02. The van der Waals surface area contributed by atoms with E-state index in [0.29, 0.717) is 17.8 Å². The van der Waals surface area contributed by atoms with Crippen LogP contribution in [0.1, 0.15) is 21.7 Å². The van der Waals surface area contributed by atoms with Crippen LogP contribution in [0.15, 0.2) is 24.7 Å². The highest BCUT2D eigenvalue weighted by Crippen LogP contribution is 2.16. The molecule has 7 heteroatoms. The number of carbonyl (C=O) groups excluding carboxylic acids is 1. The highest BCUT2D eigenvalue weighted by Gasteiger charge is 2.09. The van der Waals surface area contributed by atoms with Gasteiger partial charge in [-0.2, -0.15) is 0 Å². The van der Waals surface area contributed by atoms with Gasteiger partial charge in [-0.25, -0.2) is 4.98 Å². The van der Waals surface area contributed by atoms with Crippen LogP contribution in [0.3, 0.4) is 0 Å². The molecule has 0 unspecified atom stereocenters. The van der Waals surface area contributed by atoms with Crippen LogP contribution in [-0.2, 0) is 6.54 Å². The van der Waals surface area contributed by atoms with Gasteiger partial charge in [0, 0.05) is 6.20 Å². The molecular formula is C12H14N6O. The predicted molar refractivity (Wildman–Crippen MR) is 71.3 cm³/mol. The molecule has 2 rings (SSSR count). The number of nitrogen functional groups attached to an aromatic ring is 1. The van der Waals surface area contributed by atoms with Crippen LogP contribution in [-0.4, -0.2) is 20.9 Å². The molecule has 0 aliphatic carbocycles. The lowest BCUT2D eigenvalue weighted by Crippen LogP contribution is -2.15. The topological polar surface area (TPSA) is 120 Å². The van der Waals surface area contributed by atoms with E-state index in [1.54, 1.807) is 12.4 Å². The van der Waals surface area contributed by atoms with Gasteiger partial charge in [-0.3, -0.25) is 14.8 Å². The molecule has 5 N–H and O–H groups in total. The van der Waals surface area contributed by atoms with Gasteiger partial charge < -0.3 is 16.8 Å². The highest BCUT2D eigenvalue weighted by molar-refractivity contribution is 5.98. The summed E-state index contributed by atoms with van der Waals surface area (Å²) in [7, 11) is 0. The van der Waals surface area contributed by atoms with E-state index in [-0.39, 0.29) is 5.82 Å². The van der Waals surface area contributed by atoms with Gasteiger partial charge in [-0.15, -0.1) is 0 Å². The number of nitrogens with zero attached hydrogens (tertiary/aromatic N) is 3. The molecule has 0 fully saturated rings. The van der Waals surface area contributed by atoms with Crippen molar-refractivity contribution < 1.29 is 4.79 Å². The first-order valence-corrected chi connectivity index (χ1v) is 5.63. The number of aryl methyl sites for hydroxylation is 1. The molecule has 0 aliphatic heterocycles. The van der Waals surface area contributed by atoms with Crippen molar-refractivity contribution in [1.29, 1.82) is 0 Å². The normalized spacial score (nSPS) is 10.2. The van der Waals surface area contributed by atoms with Crippen LogP contribution in [0, 0.1) is 6.92 Å². The maximum atomic E-state index is 11.3. The molecule has 2 aromatic rings. The Bertz CT molecular complexity index is 596. The van der Waals surface area contributed by atoms with E-state index in [1.165, 1.54) is 12.3 Å².